The van der Waals surface area contributed by atoms with Crippen LogP contribution in [0.1, 0.15) is 27.6 Å². The average Bonchev–Trinajstić information content (AvgIpc) is 3.22. The summed E-state index contributed by atoms with van der Waals surface area (Å²) in [6.07, 6.45) is 0. The number of hydrogen-bond donors (Lipinski definition) is 0. The van der Waals surface area contributed by atoms with Crippen LogP contribution in [0.3, 0.4) is 0 Å². The molecule has 2 nitrogen and oxygen atoms in total. The quantitative estimate of drug-likeness (QED) is 0.333. The van der Waals surface area contributed by atoms with Gasteiger partial charge in [-0.1, -0.05) is 91.0 Å². The second-order valence-electron chi connectivity index (χ2n) is 8.59. The van der Waals surface area contributed by atoms with Crippen LogP contribution >= 0.6 is 11.3 Å². The molecule has 1 aliphatic heterocycles. The summed E-state index contributed by atoms with van der Waals surface area (Å²) in [5, 5.41) is 0. The van der Waals surface area contributed by atoms with Gasteiger partial charge in [-0.2, -0.15) is 0 Å². The minimum Gasteiger partial charge on any atom is -0.297 e. The third kappa shape index (κ3) is 4.71. The average molecular weight is 439 g/mol. The Morgan fingerprint density at radius 2 is 1.25 bits per heavy atom. The van der Waals surface area contributed by atoms with Gasteiger partial charge in [0.1, 0.15) is 0 Å². The summed E-state index contributed by atoms with van der Waals surface area (Å²) in [6.45, 7) is 7.69. The molecule has 32 heavy (non-hydrogen) atoms. The molecule has 0 radical (unpaired) electrons. The Labute approximate surface area is 195 Å². The largest absolute Gasteiger partial charge is 0.297 e. The molecule has 0 spiro atoms. The third-order valence-electron chi connectivity index (χ3n) is 6.48. The van der Waals surface area contributed by atoms with Crippen LogP contribution in [-0.2, 0) is 6.54 Å². The first kappa shape index (κ1) is 21.1. The van der Waals surface area contributed by atoms with E-state index >= 15 is 0 Å². The van der Waals surface area contributed by atoms with E-state index in [4.69, 9.17) is 0 Å². The molecule has 0 aliphatic carbocycles. The van der Waals surface area contributed by atoms with Gasteiger partial charge in [-0.05, 0) is 35.2 Å². The number of benzene rings is 3. The van der Waals surface area contributed by atoms with E-state index in [1.54, 1.807) is 0 Å². The highest BCUT2D eigenvalue weighted by Gasteiger charge is 2.26. The lowest BCUT2D eigenvalue weighted by Gasteiger charge is -2.39. The molecule has 4 aromatic rings. The SMILES string of the molecule is Cc1sc(-c2ccccc2)cc1CN1CCN(C(c2ccccc2)c2ccccc2)CC1. The van der Waals surface area contributed by atoms with Gasteiger partial charge in [0, 0.05) is 42.5 Å². The van der Waals surface area contributed by atoms with Crippen molar-refractivity contribution in [1.29, 1.82) is 0 Å². The van der Waals surface area contributed by atoms with Gasteiger partial charge in [0.25, 0.3) is 0 Å². The number of piperazine rings is 1. The maximum atomic E-state index is 2.65. The lowest BCUT2D eigenvalue weighted by atomic mass is 9.96. The Balaban J connectivity index is 1.28. The Morgan fingerprint density at radius 1 is 0.719 bits per heavy atom. The lowest BCUT2D eigenvalue weighted by molar-refractivity contribution is 0.105. The lowest BCUT2D eigenvalue weighted by Crippen LogP contribution is -2.47. The fourth-order valence-corrected chi connectivity index (χ4v) is 5.77. The van der Waals surface area contributed by atoms with Crippen LogP contribution in [0.15, 0.2) is 97.1 Å². The Bertz CT molecular complexity index is 1070. The van der Waals surface area contributed by atoms with Crippen LogP contribution in [-0.4, -0.2) is 36.0 Å². The smallest absolute Gasteiger partial charge is 0.0602 e. The maximum absolute atomic E-state index is 2.65. The van der Waals surface area contributed by atoms with Crippen molar-refractivity contribution in [2.45, 2.75) is 19.5 Å². The molecule has 0 bridgehead atoms. The van der Waals surface area contributed by atoms with Crippen LogP contribution in [0.5, 0.6) is 0 Å². The van der Waals surface area contributed by atoms with Gasteiger partial charge in [0.05, 0.1) is 6.04 Å². The standard InChI is InChI=1S/C29H30N2S/c1-23-27(21-28(32-23)24-11-5-2-6-12-24)22-30-17-19-31(20-18-30)29(25-13-7-3-8-14-25)26-15-9-4-10-16-26/h2-16,21,29H,17-20,22H2,1H3. The zero-order valence-corrected chi connectivity index (χ0v) is 19.5. The number of nitrogens with zero attached hydrogens (tertiary/aromatic N) is 2. The number of aryl methyl sites for hydroxylation is 1. The van der Waals surface area contributed by atoms with Crippen molar-refractivity contribution in [3.8, 4) is 10.4 Å². The molecular formula is C29H30N2S. The van der Waals surface area contributed by atoms with Crippen LogP contribution in [0.2, 0.25) is 0 Å². The van der Waals surface area contributed by atoms with Gasteiger partial charge >= 0.3 is 0 Å². The second-order valence-corrected chi connectivity index (χ2v) is 9.85. The predicted octanol–water partition coefficient (Wildman–Crippen LogP) is 6.63. The third-order valence-corrected chi connectivity index (χ3v) is 7.62. The molecule has 1 saturated heterocycles. The number of hydrogen-bond acceptors (Lipinski definition) is 3. The van der Waals surface area contributed by atoms with Crippen molar-refractivity contribution in [3.63, 3.8) is 0 Å². The summed E-state index contributed by atoms with van der Waals surface area (Å²) in [5.74, 6) is 0. The summed E-state index contributed by atoms with van der Waals surface area (Å²) < 4.78 is 0. The monoisotopic (exact) mass is 438 g/mol. The highest BCUT2D eigenvalue weighted by atomic mass is 32.1. The van der Waals surface area contributed by atoms with Crippen LogP contribution in [0, 0.1) is 6.92 Å². The molecule has 2 heterocycles. The summed E-state index contributed by atoms with van der Waals surface area (Å²) in [5.41, 5.74) is 5.57. The number of rotatable bonds is 6. The molecule has 162 valence electrons. The minimum atomic E-state index is 0.326. The van der Waals surface area contributed by atoms with Crippen molar-refractivity contribution < 1.29 is 0 Å². The van der Waals surface area contributed by atoms with Gasteiger partial charge in [-0.25, -0.2) is 0 Å². The van der Waals surface area contributed by atoms with Crippen molar-refractivity contribution in [1.82, 2.24) is 9.80 Å². The van der Waals surface area contributed by atoms with E-state index in [9.17, 15) is 0 Å². The highest BCUT2D eigenvalue weighted by molar-refractivity contribution is 7.15. The van der Waals surface area contributed by atoms with Crippen LogP contribution < -0.4 is 0 Å². The maximum Gasteiger partial charge on any atom is 0.0602 e. The Kier molecular flexibility index (Phi) is 6.49. The van der Waals surface area contributed by atoms with Gasteiger partial charge in [-0.15, -0.1) is 11.3 Å². The van der Waals surface area contributed by atoms with E-state index in [1.807, 2.05) is 11.3 Å². The molecule has 1 aromatic heterocycles. The zero-order valence-electron chi connectivity index (χ0n) is 18.7. The first-order valence-electron chi connectivity index (χ1n) is 11.5. The molecule has 0 unspecified atom stereocenters. The molecule has 1 fully saturated rings. The van der Waals surface area contributed by atoms with Crippen LogP contribution in [0.25, 0.3) is 10.4 Å². The normalized spacial score (nSPS) is 15.3. The molecule has 0 amide bonds. The second kappa shape index (κ2) is 9.83. The van der Waals surface area contributed by atoms with Gasteiger partial charge in [0.2, 0.25) is 0 Å². The van der Waals surface area contributed by atoms with E-state index < -0.39 is 0 Å². The summed E-state index contributed by atoms with van der Waals surface area (Å²) in [7, 11) is 0. The van der Waals surface area contributed by atoms with Gasteiger partial charge in [-0.3, -0.25) is 9.80 Å². The molecule has 0 atom stereocenters. The van der Waals surface area contributed by atoms with Crippen molar-refractivity contribution >= 4 is 11.3 Å². The van der Waals surface area contributed by atoms with Gasteiger partial charge in [0.15, 0.2) is 0 Å². The van der Waals surface area contributed by atoms with Gasteiger partial charge < -0.3 is 0 Å². The van der Waals surface area contributed by atoms with E-state index in [1.165, 1.54) is 32.0 Å². The molecule has 3 aromatic carbocycles. The predicted molar refractivity (Wildman–Crippen MR) is 136 cm³/mol. The van der Waals surface area contributed by atoms with E-state index in [0.29, 0.717) is 6.04 Å². The van der Waals surface area contributed by atoms with Crippen molar-refractivity contribution in [3.05, 3.63) is 119 Å². The Hall–Kier alpha value is -2.72. The molecule has 5 rings (SSSR count). The van der Waals surface area contributed by atoms with E-state index in [-0.39, 0.29) is 0 Å². The minimum absolute atomic E-state index is 0.326. The molecule has 3 heteroatoms. The highest BCUT2D eigenvalue weighted by Crippen LogP contribution is 2.33. The number of thiophene rings is 1. The molecular weight excluding hydrogens is 408 g/mol. The first-order chi connectivity index (χ1) is 15.8. The summed E-state index contributed by atoms with van der Waals surface area (Å²) in [6, 6.07) is 35.4. The van der Waals surface area contributed by atoms with E-state index in [2.05, 4.69) is 114 Å². The summed E-state index contributed by atoms with van der Waals surface area (Å²) in [4.78, 5) is 8.09. The fraction of sp³-hybridized carbons (Fsp3) is 0.241. The fourth-order valence-electron chi connectivity index (χ4n) is 4.73. The van der Waals surface area contributed by atoms with Crippen molar-refractivity contribution in [2.24, 2.45) is 0 Å². The van der Waals surface area contributed by atoms with Crippen LogP contribution in [0.4, 0.5) is 0 Å². The topological polar surface area (TPSA) is 6.48 Å². The molecule has 1 aliphatic rings. The zero-order chi connectivity index (χ0) is 21.8. The van der Waals surface area contributed by atoms with E-state index in [0.717, 1.165) is 32.7 Å². The Morgan fingerprint density at radius 3 is 1.81 bits per heavy atom. The summed E-state index contributed by atoms with van der Waals surface area (Å²) >= 11 is 1.92. The first-order valence-corrected chi connectivity index (χ1v) is 12.3. The molecule has 0 saturated carbocycles. The van der Waals surface area contributed by atoms with Crippen molar-refractivity contribution in [2.75, 3.05) is 26.2 Å². The molecule has 0 N–H and O–H groups in total.